The number of rotatable bonds is 6. The molecule has 0 saturated heterocycles. The van der Waals surface area contributed by atoms with Crippen LogP contribution in [0.15, 0.2) is 22.3 Å². The molecule has 0 radical (unpaired) electrons. The van der Waals surface area contributed by atoms with E-state index in [0.29, 0.717) is 23.2 Å². The molecule has 0 aliphatic heterocycles. The summed E-state index contributed by atoms with van der Waals surface area (Å²) in [6.07, 6.45) is 4.35. The van der Waals surface area contributed by atoms with Gasteiger partial charge in [0.05, 0.1) is 16.0 Å². The molecule has 0 aliphatic rings. The lowest BCUT2D eigenvalue weighted by Gasteiger charge is -2.07. The fourth-order valence-corrected chi connectivity index (χ4v) is 2.68. The van der Waals surface area contributed by atoms with Crippen LogP contribution in [-0.2, 0) is 7.05 Å². The number of aromatic nitrogens is 4. The summed E-state index contributed by atoms with van der Waals surface area (Å²) in [6, 6.07) is 0. The van der Waals surface area contributed by atoms with E-state index in [1.807, 2.05) is 6.92 Å². The highest BCUT2D eigenvalue weighted by atomic mass is 32.2. The summed E-state index contributed by atoms with van der Waals surface area (Å²) < 4.78 is 1.64. The van der Waals surface area contributed by atoms with Gasteiger partial charge in [0.25, 0.3) is 0 Å². The third-order valence-electron chi connectivity index (χ3n) is 2.64. The Morgan fingerprint density at radius 2 is 2.24 bits per heavy atom. The minimum atomic E-state index is -0.447. The molecule has 0 aliphatic carbocycles. The summed E-state index contributed by atoms with van der Waals surface area (Å²) in [6.45, 7) is 4.36. The van der Waals surface area contributed by atoms with Crippen LogP contribution in [-0.4, -0.2) is 31.2 Å². The van der Waals surface area contributed by atoms with Crippen molar-refractivity contribution in [3.63, 3.8) is 0 Å². The lowest BCUT2D eigenvalue weighted by molar-refractivity contribution is -0.389. The van der Waals surface area contributed by atoms with Gasteiger partial charge in [-0.3, -0.25) is 14.8 Å². The SMILES string of the molecule is CCCNc1nc(C)c([N+](=O)[O-])c(Sc2cnn(C)c2)n1. The maximum atomic E-state index is 11.2. The predicted molar refractivity (Wildman–Crippen MR) is 79.5 cm³/mol. The minimum absolute atomic E-state index is 0.0640. The molecule has 0 spiro atoms. The Balaban J connectivity index is 2.39. The van der Waals surface area contributed by atoms with Gasteiger partial charge >= 0.3 is 5.69 Å². The largest absolute Gasteiger partial charge is 0.354 e. The normalized spacial score (nSPS) is 10.6. The number of nitro groups is 1. The van der Waals surface area contributed by atoms with E-state index in [0.717, 1.165) is 11.3 Å². The van der Waals surface area contributed by atoms with E-state index >= 15 is 0 Å². The van der Waals surface area contributed by atoms with E-state index in [-0.39, 0.29) is 5.69 Å². The molecule has 21 heavy (non-hydrogen) atoms. The summed E-state index contributed by atoms with van der Waals surface area (Å²) in [4.78, 5) is 20.0. The van der Waals surface area contributed by atoms with Gasteiger partial charge in [-0.2, -0.15) is 10.1 Å². The summed E-state index contributed by atoms with van der Waals surface area (Å²) >= 11 is 1.21. The van der Waals surface area contributed by atoms with Crippen molar-refractivity contribution in [2.24, 2.45) is 7.05 Å². The standard InChI is InChI=1S/C12H16N6O2S/c1-4-5-13-12-15-8(2)10(18(19)20)11(16-12)21-9-6-14-17(3)7-9/h6-7H,4-5H2,1-3H3,(H,13,15,16). The average molecular weight is 308 g/mol. The van der Waals surface area contributed by atoms with Crippen molar-refractivity contribution in [3.05, 3.63) is 28.2 Å². The minimum Gasteiger partial charge on any atom is -0.354 e. The molecule has 2 aromatic rings. The van der Waals surface area contributed by atoms with Crippen LogP contribution < -0.4 is 5.32 Å². The van der Waals surface area contributed by atoms with Gasteiger partial charge in [-0.05, 0) is 13.3 Å². The van der Waals surface area contributed by atoms with Crippen LogP contribution in [0, 0.1) is 17.0 Å². The molecule has 2 rings (SSSR count). The smallest absolute Gasteiger partial charge is 0.322 e. The molecule has 0 saturated carbocycles. The third kappa shape index (κ3) is 3.69. The topological polar surface area (TPSA) is 98.8 Å². The average Bonchev–Trinajstić information content (AvgIpc) is 2.80. The molecular weight excluding hydrogens is 292 g/mol. The summed E-state index contributed by atoms with van der Waals surface area (Å²) in [5.74, 6) is 0.409. The van der Waals surface area contributed by atoms with E-state index in [1.54, 1.807) is 31.0 Å². The Morgan fingerprint density at radius 3 is 2.81 bits per heavy atom. The Bertz CT molecular complexity index is 657. The van der Waals surface area contributed by atoms with Gasteiger partial charge in [-0.1, -0.05) is 18.7 Å². The van der Waals surface area contributed by atoms with Gasteiger partial charge in [0.1, 0.15) is 5.69 Å². The molecule has 0 aromatic carbocycles. The maximum absolute atomic E-state index is 11.2. The lowest BCUT2D eigenvalue weighted by Crippen LogP contribution is -2.08. The van der Waals surface area contributed by atoms with Crippen LogP contribution in [0.5, 0.6) is 0 Å². The number of aryl methyl sites for hydroxylation is 2. The molecule has 2 aromatic heterocycles. The number of nitrogens with one attached hydrogen (secondary N) is 1. The zero-order valence-corrected chi connectivity index (χ0v) is 12.8. The highest BCUT2D eigenvalue weighted by Crippen LogP contribution is 2.35. The third-order valence-corrected chi connectivity index (χ3v) is 3.56. The van der Waals surface area contributed by atoms with Crippen LogP contribution in [0.3, 0.4) is 0 Å². The zero-order valence-electron chi connectivity index (χ0n) is 12.0. The monoisotopic (exact) mass is 308 g/mol. The molecule has 8 nitrogen and oxygen atoms in total. The second-order valence-electron chi connectivity index (χ2n) is 4.42. The van der Waals surface area contributed by atoms with Gasteiger partial charge in [0.2, 0.25) is 5.95 Å². The summed E-state index contributed by atoms with van der Waals surface area (Å²) in [5.41, 5.74) is 0.283. The van der Waals surface area contributed by atoms with E-state index in [2.05, 4.69) is 20.4 Å². The van der Waals surface area contributed by atoms with Crippen molar-refractivity contribution in [2.75, 3.05) is 11.9 Å². The van der Waals surface area contributed by atoms with Gasteiger partial charge in [-0.15, -0.1) is 0 Å². The summed E-state index contributed by atoms with van der Waals surface area (Å²) in [5, 5.41) is 18.7. The van der Waals surface area contributed by atoms with E-state index in [9.17, 15) is 10.1 Å². The fourth-order valence-electron chi connectivity index (χ4n) is 1.70. The van der Waals surface area contributed by atoms with Gasteiger partial charge in [0, 0.05) is 19.8 Å². The van der Waals surface area contributed by atoms with E-state index < -0.39 is 4.92 Å². The first kappa shape index (κ1) is 15.2. The number of anilines is 1. The number of hydrogen-bond acceptors (Lipinski definition) is 7. The van der Waals surface area contributed by atoms with Gasteiger partial charge in [-0.25, -0.2) is 4.98 Å². The van der Waals surface area contributed by atoms with Crippen molar-refractivity contribution in [1.82, 2.24) is 19.7 Å². The van der Waals surface area contributed by atoms with Crippen LogP contribution in [0.2, 0.25) is 0 Å². The zero-order chi connectivity index (χ0) is 15.4. The number of hydrogen-bond donors (Lipinski definition) is 1. The van der Waals surface area contributed by atoms with Crippen LogP contribution in [0.1, 0.15) is 19.0 Å². The highest BCUT2D eigenvalue weighted by Gasteiger charge is 2.23. The van der Waals surface area contributed by atoms with Crippen molar-refractivity contribution >= 4 is 23.4 Å². The predicted octanol–water partition coefficient (Wildman–Crippen LogP) is 2.40. The Hall–Kier alpha value is -2.16. The van der Waals surface area contributed by atoms with Crippen molar-refractivity contribution < 1.29 is 4.92 Å². The second kappa shape index (κ2) is 6.53. The second-order valence-corrected chi connectivity index (χ2v) is 5.48. The Kier molecular flexibility index (Phi) is 4.73. The van der Waals surface area contributed by atoms with Crippen molar-refractivity contribution in [1.29, 1.82) is 0 Å². The molecule has 2 heterocycles. The van der Waals surface area contributed by atoms with Gasteiger partial charge < -0.3 is 5.32 Å². The molecule has 112 valence electrons. The first-order valence-corrected chi connectivity index (χ1v) is 7.26. The van der Waals surface area contributed by atoms with E-state index in [1.165, 1.54) is 11.8 Å². The fraction of sp³-hybridized carbons (Fsp3) is 0.417. The lowest BCUT2D eigenvalue weighted by atomic mass is 10.4. The molecule has 9 heteroatoms. The first-order valence-electron chi connectivity index (χ1n) is 6.44. The molecule has 0 fully saturated rings. The molecule has 1 N–H and O–H groups in total. The Morgan fingerprint density at radius 1 is 1.48 bits per heavy atom. The molecule has 0 bridgehead atoms. The maximum Gasteiger partial charge on any atom is 0.322 e. The van der Waals surface area contributed by atoms with Crippen molar-refractivity contribution in [2.45, 2.75) is 30.2 Å². The Labute approximate surface area is 126 Å². The van der Waals surface area contributed by atoms with Gasteiger partial charge in [0.15, 0.2) is 5.03 Å². The van der Waals surface area contributed by atoms with Crippen molar-refractivity contribution in [3.8, 4) is 0 Å². The number of nitrogens with zero attached hydrogens (tertiary/aromatic N) is 5. The van der Waals surface area contributed by atoms with Crippen LogP contribution in [0.4, 0.5) is 11.6 Å². The molecule has 0 atom stereocenters. The molecule has 0 unspecified atom stereocenters. The first-order chi connectivity index (χ1) is 10.0. The molecule has 0 amide bonds. The van der Waals surface area contributed by atoms with Crippen LogP contribution in [0.25, 0.3) is 0 Å². The molecular formula is C12H16N6O2S. The summed E-state index contributed by atoms with van der Waals surface area (Å²) in [7, 11) is 1.79. The van der Waals surface area contributed by atoms with Crippen LogP contribution >= 0.6 is 11.8 Å². The van der Waals surface area contributed by atoms with E-state index in [4.69, 9.17) is 0 Å². The highest BCUT2D eigenvalue weighted by molar-refractivity contribution is 7.99. The quantitative estimate of drug-likeness (QED) is 0.497.